The smallest absolute Gasteiger partial charge is 0.369 e. The molecule has 2 unspecified atom stereocenters. The fraction of sp³-hybridized carbons (Fsp3) is 0.520. The molecule has 8 nitrogen and oxygen atoms in total. The van der Waals surface area contributed by atoms with Gasteiger partial charge in [-0.2, -0.15) is 18.3 Å². The molecule has 0 spiro atoms. The van der Waals surface area contributed by atoms with Gasteiger partial charge in [-0.25, -0.2) is 4.68 Å². The van der Waals surface area contributed by atoms with Crippen LogP contribution in [0.25, 0.3) is 5.69 Å². The number of carbonyl (C=O) groups excluding carboxylic acids is 2. The zero-order valence-electron chi connectivity index (χ0n) is 20.6. The topological polar surface area (TPSA) is 106 Å². The van der Waals surface area contributed by atoms with Crippen molar-refractivity contribution in [1.82, 2.24) is 20.0 Å². The number of nitrogens with zero attached hydrogens (tertiary/aromatic N) is 4. The minimum Gasteiger partial charge on any atom is -0.369 e. The van der Waals surface area contributed by atoms with Crippen LogP contribution < -0.4 is 11.1 Å². The summed E-state index contributed by atoms with van der Waals surface area (Å²) < 4.78 is 42.1. The number of primary amides is 1. The molecule has 0 saturated carbocycles. The average molecular weight is 505 g/mol. The SMILES string of the molecule is CC(C)(C)C1(CCNC(=O)c2cn(-c3ccccc3)nc2C(F)(F)F)CN2CC(C(N)=O)CCC2=N1. The Morgan fingerprint density at radius 2 is 1.89 bits per heavy atom. The molecule has 3 heterocycles. The second-order valence-corrected chi connectivity index (χ2v) is 10.5. The maximum Gasteiger partial charge on any atom is 0.435 e. The van der Waals surface area contributed by atoms with Crippen molar-refractivity contribution in [3.8, 4) is 5.69 Å². The van der Waals surface area contributed by atoms with Crippen molar-refractivity contribution in [2.24, 2.45) is 22.1 Å². The molecule has 2 atom stereocenters. The van der Waals surface area contributed by atoms with Gasteiger partial charge >= 0.3 is 6.18 Å². The van der Waals surface area contributed by atoms with E-state index in [4.69, 9.17) is 10.7 Å². The summed E-state index contributed by atoms with van der Waals surface area (Å²) in [4.78, 5) is 31.7. The highest BCUT2D eigenvalue weighted by molar-refractivity contribution is 5.95. The molecule has 2 aliphatic rings. The number of nitrogens with two attached hydrogens (primary N) is 1. The summed E-state index contributed by atoms with van der Waals surface area (Å²) >= 11 is 0. The van der Waals surface area contributed by atoms with Gasteiger partial charge in [0.1, 0.15) is 0 Å². The maximum absolute atomic E-state index is 13.7. The van der Waals surface area contributed by atoms with E-state index in [1.807, 2.05) is 0 Å². The largest absolute Gasteiger partial charge is 0.435 e. The highest BCUT2D eigenvalue weighted by Crippen LogP contribution is 2.43. The van der Waals surface area contributed by atoms with Crippen LogP contribution in [0.1, 0.15) is 56.1 Å². The van der Waals surface area contributed by atoms with Crippen LogP contribution in [0.5, 0.6) is 0 Å². The van der Waals surface area contributed by atoms with Gasteiger partial charge in [-0.05, 0) is 30.4 Å². The number of amidine groups is 1. The molecule has 0 aliphatic carbocycles. The van der Waals surface area contributed by atoms with Crippen molar-refractivity contribution < 1.29 is 22.8 Å². The Bertz CT molecular complexity index is 1170. The number of nitrogens with one attached hydrogen (secondary N) is 1. The third-order valence-corrected chi connectivity index (χ3v) is 7.19. The van der Waals surface area contributed by atoms with E-state index < -0.39 is 28.9 Å². The van der Waals surface area contributed by atoms with E-state index in [0.29, 0.717) is 38.0 Å². The number of fused-ring (bicyclic) bond motifs is 1. The number of rotatable bonds is 6. The van der Waals surface area contributed by atoms with Crippen LogP contribution in [0, 0.1) is 11.3 Å². The predicted molar refractivity (Wildman–Crippen MR) is 129 cm³/mol. The lowest BCUT2D eigenvalue weighted by atomic mass is 9.72. The van der Waals surface area contributed by atoms with E-state index in [1.54, 1.807) is 30.3 Å². The molecule has 2 aliphatic heterocycles. The number of hydrogen-bond donors (Lipinski definition) is 2. The molecule has 0 radical (unpaired) electrons. The lowest BCUT2D eigenvalue weighted by Gasteiger charge is -2.40. The summed E-state index contributed by atoms with van der Waals surface area (Å²) in [6.45, 7) is 7.35. The van der Waals surface area contributed by atoms with Gasteiger partial charge in [-0.15, -0.1) is 0 Å². The lowest BCUT2D eigenvalue weighted by Crippen LogP contribution is -2.50. The van der Waals surface area contributed by atoms with Crippen LogP contribution in [0.4, 0.5) is 13.2 Å². The van der Waals surface area contributed by atoms with Gasteiger partial charge in [-0.3, -0.25) is 14.6 Å². The molecule has 1 aromatic carbocycles. The molecule has 2 aromatic rings. The molecule has 1 fully saturated rings. The normalized spacial score (nSPS) is 22.2. The molecule has 11 heteroatoms. The highest BCUT2D eigenvalue weighted by Gasteiger charge is 2.49. The molecule has 1 aromatic heterocycles. The van der Waals surface area contributed by atoms with E-state index in [2.05, 4.69) is 36.1 Å². The van der Waals surface area contributed by atoms with E-state index in [1.165, 1.54) is 0 Å². The summed E-state index contributed by atoms with van der Waals surface area (Å²) in [7, 11) is 0. The molecule has 4 rings (SSSR count). The van der Waals surface area contributed by atoms with Crippen molar-refractivity contribution in [2.45, 2.75) is 51.7 Å². The molecule has 1 saturated heterocycles. The van der Waals surface area contributed by atoms with Crippen LogP contribution in [0.3, 0.4) is 0 Å². The number of halogens is 3. The van der Waals surface area contributed by atoms with Crippen LogP contribution in [-0.4, -0.2) is 57.5 Å². The summed E-state index contributed by atoms with van der Waals surface area (Å²) in [5.41, 5.74) is 3.31. The molecular weight excluding hydrogens is 473 g/mol. The number of carbonyl (C=O) groups is 2. The highest BCUT2D eigenvalue weighted by atomic mass is 19.4. The summed E-state index contributed by atoms with van der Waals surface area (Å²) in [5.74, 6) is -0.490. The first kappa shape index (κ1) is 25.7. The quantitative estimate of drug-likeness (QED) is 0.629. The Labute approximate surface area is 207 Å². The average Bonchev–Trinajstić information content (AvgIpc) is 3.41. The number of hydrogen-bond acceptors (Lipinski definition) is 5. The number of para-hydroxylation sites is 1. The summed E-state index contributed by atoms with van der Waals surface area (Å²) in [6.07, 6.45) is -1.96. The number of piperidine rings is 1. The standard InChI is InChI=1S/C25H31F3N6O2/c1-23(2,3)24(15-33-13-16(21(29)35)9-10-19(33)31-24)11-12-30-22(36)18-14-34(17-7-5-4-6-8-17)32-20(18)25(26,27)28/h4-8,14,16H,9-13,15H2,1-3H3,(H2,29,35)(H,30,36). The van der Waals surface area contributed by atoms with Crippen molar-refractivity contribution in [2.75, 3.05) is 19.6 Å². The van der Waals surface area contributed by atoms with Crippen LogP contribution in [0.15, 0.2) is 41.5 Å². The van der Waals surface area contributed by atoms with Crippen molar-refractivity contribution in [3.05, 3.63) is 47.8 Å². The fourth-order valence-corrected chi connectivity index (χ4v) is 4.89. The maximum atomic E-state index is 13.7. The van der Waals surface area contributed by atoms with Gasteiger partial charge in [0.25, 0.3) is 5.91 Å². The zero-order valence-corrected chi connectivity index (χ0v) is 20.6. The van der Waals surface area contributed by atoms with Crippen LogP contribution >= 0.6 is 0 Å². The first-order chi connectivity index (χ1) is 16.8. The van der Waals surface area contributed by atoms with Crippen LogP contribution in [-0.2, 0) is 11.0 Å². The number of benzene rings is 1. The Kier molecular flexibility index (Phi) is 6.61. The Balaban J connectivity index is 1.50. The third-order valence-electron chi connectivity index (χ3n) is 7.19. The molecule has 3 N–H and O–H groups in total. The summed E-state index contributed by atoms with van der Waals surface area (Å²) in [6, 6.07) is 8.32. The Hall–Kier alpha value is -3.37. The second-order valence-electron chi connectivity index (χ2n) is 10.5. The zero-order chi connectivity index (χ0) is 26.3. The second kappa shape index (κ2) is 9.25. The molecule has 2 amide bonds. The van der Waals surface area contributed by atoms with E-state index >= 15 is 0 Å². The first-order valence-corrected chi connectivity index (χ1v) is 11.9. The fourth-order valence-electron chi connectivity index (χ4n) is 4.89. The molecule has 36 heavy (non-hydrogen) atoms. The third kappa shape index (κ3) is 4.96. The number of alkyl halides is 3. The van der Waals surface area contributed by atoms with Crippen molar-refractivity contribution in [3.63, 3.8) is 0 Å². The van der Waals surface area contributed by atoms with Gasteiger partial charge in [0, 0.05) is 32.3 Å². The van der Waals surface area contributed by atoms with Crippen molar-refractivity contribution in [1.29, 1.82) is 0 Å². The van der Waals surface area contributed by atoms with Gasteiger partial charge < -0.3 is 16.0 Å². The number of aliphatic imine (C=N–C) groups is 1. The Morgan fingerprint density at radius 1 is 1.19 bits per heavy atom. The molecule has 194 valence electrons. The molecular formula is C25H31F3N6O2. The predicted octanol–water partition coefficient (Wildman–Crippen LogP) is 3.41. The monoisotopic (exact) mass is 504 g/mol. The van der Waals surface area contributed by atoms with Gasteiger partial charge in [-0.1, -0.05) is 39.0 Å². The van der Waals surface area contributed by atoms with E-state index in [0.717, 1.165) is 16.7 Å². The Morgan fingerprint density at radius 3 is 2.50 bits per heavy atom. The van der Waals surface area contributed by atoms with Crippen molar-refractivity contribution >= 4 is 17.6 Å². The van der Waals surface area contributed by atoms with E-state index in [9.17, 15) is 22.8 Å². The minimum absolute atomic E-state index is 0.133. The summed E-state index contributed by atoms with van der Waals surface area (Å²) in [5, 5.41) is 6.30. The lowest BCUT2D eigenvalue weighted by molar-refractivity contribution is -0.141. The van der Waals surface area contributed by atoms with Gasteiger partial charge in [0.15, 0.2) is 5.69 Å². The van der Waals surface area contributed by atoms with Gasteiger partial charge in [0.05, 0.1) is 28.5 Å². The van der Waals surface area contributed by atoms with Crippen LogP contribution in [0.2, 0.25) is 0 Å². The van der Waals surface area contributed by atoms with E-state index in [-0.39, 0.29) is 23.8 Å². The first-order valence-electron chi connectivity index (χ1n) is 11.9. The number of amides is 2. The number of aromatic nitrogens is 2. The molecule has 0 bridgehead atoms. The van der Waals surface area contributed by atoms with Gasteiger partial charge in [0.2, 0.25) is 5.91 Å². The minimum atomic E-state index is -4.78.